The molecule has 9 heteroatoms. The van der Waals surface area contributed by atoms with Gasteiger partial charge in [-0.2, -0.15) is 0 Å². The Hall–Kier alpha value is -3.23. The maximum absolute atomic E-state index is 12.8. The number of nitrogens with one attached hydrogen (secondary N) is 2. The van der Waals surface area contributed by atoms with Gasteiger partial charge in [0.1, 0.15) is 6.04 Å². The van der Waals surface area contributed by atoms with Crippen molar-refractivity contribution < 1.29 is 24.0 Å². The fourth-order valence-electron chi connectivity index (χ4n) is 3.59. The van der Waals surface area contributed by atoms with Crippen molar-refractivity contribution in [3.05, 3.63) is 29.3 Å². The number of hydrogen-bond acceptors (Lipinski definition) is 6. The molecule has 29 heavy (non-hydrogen) atoms. The average Bonchev–Trinajstić information content (AvgIpc) is 2.91. The summed E-state index contributed by atoms with van der Waals surface area (Å²) in [7, 11) is 0. The molecule has 1 fully saturated rings. The average molecular weight is 400 g/mol. The van der Waals surface area contributed by atoms with Gasteiger partial charge in [-0.15, -0.1) is 0 Å². The molecule has 4 N–H and O–H groups in total. The number of amides is 5. The van der Waals surface area contributed by atoms with E-state index in [4.69, 9.17) is 5.73 Å². The molecule has 0 radical (unpaired) electrons. The fourth-order valence-corrected chi connectivity index (χ4v) is 3.59. The first-order valence-electron chi connectivity index (χ1n) is 9.76. The minimum absolute atomic E-state index is 0.0933. The number of nitrogens with two attached hydrogens (primary N) is 1. The van der Waals surface area contributed by atoms with Gasteiger partial charge in [-0.05, 0) is 37.5 Å². The van der Waals surface area contributed by atoms with Gasteiger partial charge in [0.15, 0.2) is 0 Å². The van der Waals surface area contributed by atoms with Crippen LogP contribution in [-0.4, -0.2) is 47.0 Å². The molecule has 154 valence electrons. The third-order valence-corrected chi connectivity index (χ3v) is 5.12. The molecule has 1 unspecified atom stereocenters. The second-order valence-electron chi connectivity index (χ2n) is 7.26. The van der Waals surface area contributed by atoms with Gasteiger partial charge in [-0.3, -0.25) is 34.2 Å². The Morgan fingerprint density at radius 3 is 2.52 bits per heavy atom. The largest absolute Gasteiger partial charge is 0.385 e. The highest BCUT2D eigenvalue weighted by Gasteiger charge is 2.44. The van der Waals surface area contributed by atoms with E-state index in [0.29, 0.717) is 18.7 Å². The van der Waals surface area contributed by atoms with E-state index in [1.807, 2.05) is 0 Å². The molecule has 0 bridgehead atoms. The lowest BCUT2D eigenvalue weighted by Gasteiger charge is -2.27. The monoisotopic (exact) mass is 400 g/mol. The molecule has 2 aliphatic heterocycles. The number of carbonyl (C=O) groups is 5. The van der Waals surface area contributed by atoms with Crippen molar-refractivity contribution >= 4 is 35.2 Å². The zero-order chi connectivity index (χ0) is 21.0. The molecule has 5 amide bonds. The molecule has 1 aromatic carbocycles. The first-order valence-corrected chi connectivity index (χ1v) is 9.76. The molecule has 0 aliphatic carbocycles. The van der Waals surface area contributed by atoms with Crippen molar-refractivity contribution in [1.82, 2.24) is 10.2 Å². The minimum Gasteiger partial charge on any atom is -0.385 e. The summed E-state index contributed by atoms with van der Waals surface area (Å²) in [6, 6.07) is 3.97. The maximum Gasteiger partial charge on any atom is 0.262 e. The molecular weight excluding hydrogens is 376 g/mol. The summed E-state index contributed by atoms with van der Waals surface area (Å²) in [5, 5.41) is 5.40. The predicted octanol–water partition coefficient (Wildman–Crippen LogP) is 0.935. The molecule has 1 saturated heterocycles. The third-order valence-electron chi connectivity index (χ3n) is 5.12. The molecule has 2 heterocycles. The van der Waals surface area contributed by atoms with Crippen molar-refractivity contribution in [3.63, 3.8) is 0 Å². The van der Waals surface area contributed by atoms with Crippen LogP contribution in [-0.2, 0) is 14.4 Å². The number of anilines is 1. The number of nitrogens with zero attached hydrogens (tertiary/aromatic N) is 1. The molecule has 3 rings (SSSR count). The maximum atomic E-state index is 12.8. The van der Waals surface area contributed by atoms with E-state index < -0.39 is 29.7 Å². The summed E-state index contributed by atoms with van der Waals surface area (Å²) in [6.45, 7) is 0.689. The van der Waals surface area contributed by atoms with Crippen LogP contribution in [0.4, 0.5) is 5.69 Å². The van der Waals surface area contributed by atoms with Crippen molar-refractivity contribution in [2.45, 2.75) is 51.0 Å². The predicted molar refractivity (Wildman–Crippen MR) is 104 cm³/mol. The summed E-state index contributed by atoms with van der Waals surface area (Å²) in [4.78, 5) is 60.4. The molecule has 0 spiro atoms. The van der Waals surface area contributed by atoms with Crippen LogP contribution in [0.2, 0.25) is 0 Å². The van der Waals surface area contributed by atoms with Crippen molar-refractivity contribution in [3.8, 4) is 0 Å². The number of primary amides is 1. The SMILES string of the molecule is NC(=O)CCCCCCNc1ccc2c(c1)C(=O)N(C1CCC(=O)NC1=O)C2=O. The summed E-state index contributed by atoms with van der Waals surface area (Å²) in [6.07, 6.45) is 4.17. The van der Waals surface area contributed by atoms with Gasteiger partial charge in [0.2, 0.25) is 17.7 Å². The second kappa shape index (κ2) is 8.85. The summed E-state index contributed by atoms with van der Waals surface area (Å²) >= 11 is 0. The van der Waals surface area contributed by atoms with Gasteiger partial charge in [0.25, 0.3) is 11.8 Å². The van der Waals surface area contributed by atoms with Gasteiger partial charge >= 0.3 is 0 Å². The van der Waals surface area contributed by atoms with Crippen LogP contribution in [0.5, 0.6) is 0 Å². The number of benzene rings is 1. The van der Waals surface area contributed by atoms with Crippen LogP contribution in [0.3, 0.4) is 0 Å². The Bertz CT molecular complexity index is 866. The van der Waals surface area contributed by atoms with Crippen molar-refractivity contribution in [2.75, 3.05) is 11.9 Å². The van der Waals surface area contributed by atoms with Gasteiger partial charge < -0.3 is 11.1 Å². The number of imide groups is 2. The Morgan fingerprint density at radius 2 is 1.79 bits per heavy atom. The number of piperidine rings is 1. The van der Waals surface area contributed by atoms with Gasteiger partial charge in [-0.25, -0.2) is 0 Å². The Balaban J connectivity index is 1.57. The zero-order valence-corrected chi connectivity index (χ0v) is 16.0. The second-order valence-corrected chi connectivity index (χ2v) is 7.26. The smallest absolute Gasteiger partial charge is 0.262 e. The standard InChI is InChI=1S/C20H24N4O5/c21-16(25)5-3-1-2-4-10-22-12-6-7-13-14(11-12)20(29)24(19(13)28)15-8-9-17(26)23-18(15)27/h6-7,11,15,22H,1-5,8-10H2,(H2,21,25)(H,23,26,27). The summed E-state index contributed by atoms with van der Waals surface area (Å²) in [5.74, 6) is -2.34. The Kier molecular flexibility index (Phi) is 6.26. The van der Waals surface area contributed by atoms with E-state index in [2.05, 4.69) is 10.6 Å². The molecular formula is C20H24N4O5. The first-order chi connectivity index (χ1) is 13.9. The normalized spacial score (nSPS) is 18.6. The number of unbranched alkanes of at least 4 members (excludes halogenated alkanes) is 3. The third kappa shape index (κ3) is 4.61. The first kappa shape index (κ1) is 20.5. The lowest BCUT2D eigenvalue weighted by molar-refractivity contribution is -0.136. The van der Waals surface area contributed by atoms with Gasteiger partial charge in [-0.1, -0.05) is 12.8 Å². The molecule has 1 atom stereocenters. The van der Waals surface area contributed by atoms with Gasteiger partial charge in [0, 0.05) is 25.1 Å². The van der Waals surface area contributed by atoms with Crippen LogP contribution in [0, 0.1) is 0 Å². The number of rotatable bonds is 9. The van der Waals surface area contributed by atoms with Crippen LogP contribution >= 0.6 is 0 Å². The number of fused-ring (bicyclic) bond motifs is 1. The Labute approximate surface area is 168 Å². The topological polar surface area (TPSA) is 139 Å². The van der Waals surface area contributed by atoms with E-state index in [1.54, 1.807) is 18.2 Å². The van der Waals surface area contributed by atoms with E-state index >= 15 is 0 Å². The fraction of sp³-hybridized carbons (Fsp3) is 0.450. The molecule has 0 saturated carbocycles. The molecule has 9 nitrogen and oxygen atoms in total. The van der Waals surface area contributed by atoms with Crippen LogP contribution in [0.25, 0.3) is 0 Å². The lowest BCUT2D eigenvalue weighted by atomic mass is 10.0. The van der Waals surface area contributed by atoms with E-state index in [0.717, 1.165) is 30.6 Å². The zero-order valence-electron chi connectivity index (χ0n) is 16.0. The lowest BCUT2D eigenvalue weighted by Crippen LogP contribution is -2.54. The van der Waals surface area contributed by atoms with E-state index in [-0.39, 0.29) is 29.9 Å². The van der Waals surface area contributed by atoms with E-state index in [1.165, 1.54) is 0 Å². The van der Waals surface area contributed by atoms with Crippen LogP contribution in [0.1, 0.15) is 65.7 Å². The van der Waals surface area contributed by atoms with Gasteiger partial charge in [0.05, 0.1) is 11.1 Å². The molecule has 0 aromatic heterocycles. The highest BCUT2D eigenvalue weighted by atomic mass is 16.2. The number of carbonyl (C=O) groups excluding carboxylic acids is 5. The van der Waals surface area contributed by atoms with Crippen molar-refractivity contribution in [1.29, 1.82) is 0 Å². The Morgan fingerprint density at radius 1 is 1.07 bits per heavy atom. The highest BCUT2D eigenvalue weighted by Crippen LogP contribution is 2.29. The number of hydrogen-bond donors (Lipinski definition) is 3. The summed E-state index contributed by atoms with van der Waals surface area (Å²) in [5.41, 5.74) is 6.33. The van der Waals surface area contributed by atoms with E-state index in [9.17, 15) is 24.0 Å². The molecule has 2 aliphatic rings. The minimum atomic E-state index is -0.961. The highest BCUT2D eigenvalue weighted by molar-refractivity contribution is 6.23. The summed E-state index contributed by atoms with van der Waals surface area (Å²) < 4.78 is 0. The van der Waals surface area contributed by atoms with Crippen LogP contribution in [0.15, 0.2) is 18.2 Å². The quantitative estimate of drug-likeness (QED) is 0.416. The van der Waals surface area contributed by atoms with Crippen LogP contribution < -0.4 is 16.4 Å². The molecule has 1 aromatic rings. The van der Waals surface area contributed by atoms with Crippen molar-refractivity contribution in [2.24, 2.45) is 5.73 Å².